The van der Waals surface area contributed by atoms with Gasteiger partial charge in [-0.25, -0.2) is 0 Å². The smallest absolute Gasteiger partial charge is 0.311 e. The highest BCUT2D eigenvalue weighted by molar-refractivity contribution is 5.97. The van der Waals surface area contributed by atoms with Crippen molar-refractivity contribution >= 4 is 11.9 Å². The molecule has 120 valence electrons. The summed E-state index contributed by atoms with van der Waals surface area (Å²) in [5.41, 5.74) is 1.10. The number of carboxylic acids is 1. The van der Waals surface area contributed by atoms with Gasteiger partial charge in [0, 0.05) is 11.6 Å². The zero-order chi connectivity index (χ0) is 15.7. The van der Waals surface area contributed by atoms with E-state index in [1.165, 1.54) is 38.4 Å². The second kappa shape index (κ2) is 6.15. The Bertz CT molecular complexity index is 571. The Morgan fingerprint density at radius 2 is 2.05 bits per heavy atom. The lowest BCUT2D eigenvalue weighted by Gasteiger charge is -2.21. The van der Waals surface area contributed by atoms with Gasteiger partial charge in [-0.15, -0.1) is 0 Å². The molecule has 22 heavy (non-hydrogen) atoms. The number of hydrogen-bond acceptors (Lipinski definition) is 3. The van der Waals surface area contributed by atoms with Gasteiger partial charge in [0.2, 0.25) is 0 Å². The summed E-state index contributed by atoms with van der Waals surface area (Å²) in [4.78, 5) is 23.3. The van der Waals surface area contributed by atoms with Crippen LogP contribution in [0.15, 0.2) is 10.7 Å². The van der Waals surface area contributed by atoms with Crippen molar-refractivity contribution in [2.75, 3.05) is 0 Å². The fraction of sp³-hybridized carbons (Fsp3) is 0.647. The van der Waals surface area contributed by atoms with Crippen molar-refractivity contribution < 1.29 is 19.1 Å². The van der Waals surface area contributed by atoms with Gasteiger partial charge in [0.15, 0.2) is 0 Å². The lowest BCUT2D eigenvalue weighted by atomic mass is 9.85. The predicted octanol–water partition coefficient (Wildman–Crippen LogP) is 2.91. The molecule has 0 spiro atoms. The highest BCUT2D eigenvalue weighted by atomic mass is 16.4. The van der Waals surface area contributed by atoms with Crippen LogP contribution in [0.3, 0.4) is 0 Å². The zero-order valence-corrected chi connectivity index (χ0v) is 12.9. The summed E-state index contributed by atoms with van der Waals surface area (Å²) in [6, 6.07) is 0.252. The lowest BCUT2D eigenvalue weighted by Crippen LogP contribution is -2.29. The molecule has 2 fully saturated rings. The molecular formula is C17H23NO4. The maximum absolute atomic E-state index is 12.4. The zero-order valence-electron chi connectivity index (χ0n) is 12.9. The molecule has 1 aromatic rings. The molecule has 0 aliphatic heterocycles. The second-order valence-corrected chi connectivity index (χ2v) is 6.67. The minimum absolute atomic E-state index is 0.189. The van der Waals surface area contributed by atoms with Crippen LogP contribution in [0, 0.1) is 18.8 Å². The van der Waals surface area contributed by atoms with E-state index < -0.39 is 5.97 Å². The van der Waals surface area contributed by atoms with Crippen LogP contribution in [0.1, 0.15) is 60.2 Å². The van der Waals surface area contributed by atoms with E-state index in [1.807, 2.05) is 0 Å². The molecule has 2 aliphatic carbocycles. The molecule has 1 aromatic heterocycles. The van der Waals surface area contributed by atoms with E-state index in [9.17, 15) is 9.59 Å². The normalized spacial score (nSPS) is 25.0. The minimum Gasteiger partial charge on any atom is -0.481 e. The van der Waals surface area contributed by atoms with Crippen LogP contribution < -0.4 is 5.32 Å². The molecular weight excluding hydrogens is 282 g/mol. The molecule has 2 atom stereocenters. The molecule has 0 radical (unpaired) electrons. The number of carbonyl (C=O) groups is 2. The molecule has 2 N–H and O–H groups in total. The third-order valence-corrected chi connectivity index (χ3v) is 5.00. The van der Waals surface area contributed by atoms with E-state index in [1.54, 1.807) is 6.92 Å². The number of nitrogens with one attached hydrogen (secondary N) is 1. The number of rotatable bonds is 5. The monoisotopic (exact) mass is 305 g/mol. The summed E-state index contributed by atoms with van der Waals surface area (Å²) in [5, 5.41) is 12.0. The van der Waals surface area contributed by atoms with Gasteiger partial charge in [0.1, 0.15) is 12.2 Å². The van der Waals surface area contributed by atoms with Crippen molar-refractivity contribution in [3.8, 4) is 0 Å². The van der Waals surface area contributed by atoms with E-state index in [4.69, 9.17) is 9.52 Å². The molecule has 3 rings (SSSR count). The first kappa shape index (κ1) is 15.1. The lowest BCUT2D eigenvalue weighted by molar-refractivity contribution is -0.136. The van der Waals surface area contributed by atoms with Gasteiger partial charge < -0.3 is 14.8 Å². The van der Waals surface area contributed by atoms with Crippen molar-refractivity contribution in [3.63, 3.8) is 0 Å². The first-order chi connectivity index (χ1) is 10.6. The number of aliphatic carboxylic acids is 1. The average Bonchev–Trinajstić information content (AvgIpc) is 3.15. The Morgan fingerprint density at radius 1 is 1.32 bits per heavy atom. The molecule has 0 saturated heterocycles. The number of furan rings is 1. The van der Waals surface area contributed by atoms with Gasteiger partial charge >= 0.3 is 5.97 Å². The Hall–Kier alpha value is -1.78. The third-order valence-electron chi connectivity index (χ3n) is 5.00. The highest BCUT2D eigenvalue weighted by Crippen LogP contribution is 2.44. The first-order valence-corrected chi connectivity index (χ1v) is 8.16. The van der Waals surface area contributed by atoms with Gasteiger partial charge in [-0.3, -0.25) is 9.59 Å². The Kier molecular flexibility index (Phi) is 4.23. The number of carbonyl (C=O) groups excluding carboxylic acids is 1. The first-order valence-electron chi connectivity index (χ1n) is 8.16. The molecule has 5 nitrogen and oxygen atoms in total. The van der Waals surface area contributed by atoms with Gasteiger partial charge in [-0.1, -0.05) is 32.1 Å². The van der Waals surface area contributed by atoms with Crippen LogP contribution in [0.25, 0.3) is 0 Å². The summed E-state index contributed by atoms with van der Waals surface area (Å²) in [5.74, 6) is 0.431. The van der Waals surface area contributed by atoms with Crippen molar-refractivity contribution in [1.29, 1.82) is 0 Å². The standard InChI is InChI=1S/C17H23NO4/c1-10-9-22-14(8-15(19)20)16(10)17(21)18-13-7-12(13)11-5-3-2-4-6-11/h9,11-13H,2-8H2,1H3,(H,18,21)(H,19,20). The van der Waals surface area contributed by atoms with E-state index in [-0.39, 0.29) is 24.1 Å². The molecule has 2 unspecified atom stereocenters. The van der Waals surface area contributed by atoms with Crippen molar-refractivity contribution in [2.24, 2.45) is 11.8 Å². The molecule has 1 heterocycles. The molecule has 2 aliphatic rings. The highest BCUT2D eigenvalue weighted by Gasteiger charge is 2.44. The topological polar surface area (TPSA) is 79.5 Å². The number of aryl methyl sites for hydroxylation is 1. The Labute approximate surface area is 130 Å². The van der Waals surface area contributed by atoms with Crippen LogP contribution in [0.4, 0.5) is 0 Å². The van der Waals surface area contributed by atoms with Crippen LogP contribution in [-0.2, 0) is 11.2 Å². The Balaban J connectivity index is 1.61. The van der Waals surface area contributed by atoms with Crippen molar-refractivity contribution in [2.45, 2.75) is 57.9 Å². The van der Waals surface area contributed by atoms with Crippen molar-refractivity contribution in [1.82, 2.24) is 5.32 Å². The van der Waals surface area contributed by atoms with Gasteiger partial charge in [0.25, 0.3) is 5.91 Å². The van der Waals surface area contributed by atoms with Gasteiger partial charge in [0.05, 0.1) is 11.8 Å². The summed E-state index contributed by atoms with van der Waals surface area (Å²) >= 11 is 0. The van der Waals surface area contributed by atoms with Crippen molar-refractivity contribution in [3.05, 3.63) is 23.2 Å². The maximum atomic E-state index is 12.4. The third kappa shape index (κ3) is 3.18. The van der Waals surface area contributed by atoms with E-state index in [2.05, 4.69) is 5.32 Å². The summed E-state index contributed by atoms with van der Waals surface area (Å²) in [6.07, 6.45) is 8.79. The largest absolute Gasteiger partial charge is 0.481 e. The molecule has 0 aromatic carbocycles. The van der Waals surface area contributed by atoms with E-state index in [0.29, 0.717) is 17.0 Å². The predicted molar refractivity (Wildman–Crippen MR) is 80.7 cm³/mol. The van der Waals surface area contributed by atoms with Crippen LogP contribution in [0.5, 0.6) is 0 Å². The van der Waals surface area contributed by atoms with Crippen LogP contribution >= 0.6 is 0 Å². The SMILES string of the molecule is Cc1coc(CC(=O)O)c1C(=O)NC1CC1C1CCCCC1. The Morgan fingerprint density at radius 3 is 2.73 bits per heavy atom. The maximum Gasteiger partial charge on any atom is 0.311 e. The summed E-state index contributed by atoms with van der Waals surface area (Å²) < 4.78 is 5.23. The number of hydrogen-bond donors (Lipinski definition) is 2. The van der Waals surface area contributed by atoms with E-state index >= 15 is 0 Å². The van der Waals surface area contributed by atoms with Gasteiger partial charge in [-0.05, 0) is 25.2 Å². The van der Waals surface area contributed by atoms with E-state index in [0.717, 1.165) is 12.3 Å². The fourth-order valence-electron chi connectivity index (χ4n) is 3.77. The van der Waals surface area contributed by atoms with Gasteiger partial charge in [-0.2, -0.15) is 0 Å². The van der Waals surface area contributed by atoms with Crippen LogP contribution in [0.2, 0.25) is 0 Å². The minimum atomic E-state index is -0.991. The van der Waals surface area contributed by atoms with Crippen LogP contribution in [-0.4, -0.2) is 23.0 Å². The summed E-state index contributed by atoms with van der Waals surface area (Å²) in [6.45, 7) is 1.77. The molecule has 2 saturated carbocycles. The second-order valence-electron chi connectivity index (χ2n) is 6.67. The fourth-order valence-corrected chi connectivity index (χ4v) is 3.77. The molecule has 0 bridgehead atoms. The average molecular weight is 305 g/mol. The summed E-state index contributed by atoms with van der Waals surface area (Å²) in [7, 11) is 0. The number of carboxylic acid groups (broad SMARTS) is 1. The molecule has 5 heteroatoms. The number of amides is 1. The molecule has 1 amide bonds. The quantitative estimate of drug-likeness (QED) is 0.876.